The van der Waals surface area contributed by atoms with Crippen LogP contribution in [0.25, 0.3) is 132 Å². The van der Waals surface area contributed by atoms with Gasteiger partial charge in [-0.1, -0.05) is 303 Å². The van der Waals surface area contributed by atoms with E-state index < -0.39 is 0 Å². The van der Waals surface area contributed by atoms with Crippen LogP contribution in [0.4, 0.5) is 34.1 Å². The Balaban J connectivity index is 0.000000147. The van der Waals surface area contributed by atoms with Crippen molar-refractivity contribution in [3.63, 3.8) is 0 Å². The number of benzene rings is 17. The molecule has 2 aromatic heterocycles. The number of hydrogen-bond acceptors (Lipinski definition) is 2. The lowest BCUT2D eigenvalue weighted by atomic mass is 10.00. The molecule has 19 rings (SSSR count). The summed E-state index contributed by atoms with van der Waals surface area (Å²) in [4.78, 5) is 4.82. The van der Waals surface area contributed by atoms with Crippen molar-refractivity contribution in [2.24, 2.45) is 0 Å². The van der Waals surface area contributed by atoms with Gasteiger partial charge in [0, 0.05) is 55.7 Å². The summed E-state index contributed by atoms with van der Waals surface area (Å²) in [5.41, 5.74) is 25.8. The molecule has 19 aromatic rings. The summed E-state index contributed by atoms with van der Waals surface area (Å²) in [5, 5.41) is 9.83. The third kappa shape index (κ3) is 11.5. The summed E-state index contributed by atoms with van der Waals surface area (Å²) in [7, 11) is 0. The molecule has 0 atom stereocenters. The van der Waals surface area contributed by atoms with Crippen LogP contribution in [0.1, 0.15) is 0 Å². The summed E-state index contributed by atoms with van der Waals surface area (Å²) < 4.78 is 4.83. The third-order valence-corrected chi connectivity index (χ3v) is 20.0. The highest BCUT2D eigenvalue weighted by Crippen LogP contribution is 2.47. The highest BCUT2D eigenvalue weighted by Gasteiger charge is 2.24. The molecule has 0 aliphatic carbocycles. The van der Waals surface area contributed by atoms with Crippen molar-refractivity contribution in [3.8, 4) is 67.0 Å². The first-order chi connectivity index (χ1) is 50.6. The van der Waals surface area contributed by atoms with Crippen LogP contribution in [-0.2, 0) is 0 Å². The number of anilines is 6. The summed E-state index contributed by atoms with van der Waals surface area (Å²) in [6.07, 6.45) is 0. The van der Waals surface area contributed by atoms with Gasteiger partial charge in [0.1, 0.15) is 0 Å². The van der Waals surface area contributed by atoms with E-state index in [1.54, 1.807) is 0 Å². The fraction of sp³-hybridized carbons (Fsp3) is 0. The zero-order valence-electron chi connectivity index (χ0n) is 56.0. The fourth-order valence-corrected chi connectivity index (χ4v) is 15.0. The molecule has 0 saturated heterocycles. The molecule has 4 nitrogen and oxygen atoms in total. The second-order valence-corrected chi connectivity index (χ2v) is 26.0. The fourth-order valence-electron chi connectivity index (χ4n) is 15.0. The molecule has 0 amide bonds. The van der Waals surface area contributed by atoms with E-state index in [1.165, 1.54) is 121 Å². The Labute approximate surface area is 594 Å². The van der Waals surface area contributed by atoms with E-state index in [0.29, 0.717) is 0 Å². The second-order valence-electron chi connectivity index (χ2n) is 26.0. The maximum Gasteiger partial charge on any atom is 0.0562 e. The third-order valence-electron chi connectivity index (χ3n) is 20.0. The molecule has 0 bridgehead atoms. The molecule has 0 aliphatic heterocycles. The quantitative estimate of drug-likeness (QED) is 0.114. The summed E-state index contributed by atoms with van der Waals surface area (Å²) in [6.45, 7) is 0. The van der Waals surface area contributed by atoms with Gasteiger partial charge in [0.15, 0.2) is 0 Å². The summed E-state index contributed by atoms with van der Waals surface area (Å²) in [5.74, 6) is 0. The molecular weight excluding hydrogens is 1230 g/mol. The Morgan fingerprint density at radius 2 is 0.412 bits per heavy atom. The van der Waals surface area contributed by atoms with Crippen molar-refractivity contribution >= 4 is 99.3 Å². The Hall–Kier alpha value is -13.5. The predicted molar refractivity (Wildman–Crippen MR) is 433 cm³/mol. The lowest BCUT2D eigenvalue weighted by Crippen LogP contribution is -2.10. The largest absolute Gasteiger partial charge is 0.310 e. The summed E-state index contributed by atoms with van der Waals surface area (Å²) >= 11 is 0. The van der Waals surface area contributed by atoms with Crippen LogP contribution in [0, 0.1) is 0 Å². The van der Waals surface area contributed by atoms with Gasteiger partial charge in [-0.3, -0.25) is 0 Å². The standard InChI is InChI=1S/C52H36N2.C46H32N2/c1-3-12-37(13-4-1)40-22-24-41(25-23-40)43-28-33-46(34-29-43)53(45-31-26-42(27-32-45)38-14-5-2-6-15-38)50-20-11-21-51-52(50)48-18-9-10-19-49(48)54(51)47-35-30-39-16-7-8-17-44(39)36-47;1-3-12-33(13-4-1)36-22-27-39(28-23-36)47(40-29-24-37(25-30-40)34-14-5-2-6-15-34)44-20-11-21-45-46(44)42-18-9-10-19-43(42)48(45)41-31-26-35-16-7-8-17-38(35)32-41/h1-36H;1-32H. The van der Waals surface area contributed by atoms with Crippen molar-refractivity contribution in [2.75, 3.05) is 9.80 Å². The Kier molecular flexibility index (Phi) is 15.9. The maximum absolute atomic E-state index is 2.42. The minimum absolute atomic E-state index is 1.10. The zero-order valence-corrected chi connectivity index (χ0v) is 56.0. The normalized spacial score (nSPS) is 11.3. The Morgan fingerprint density at radius 1 is 0.167 bits per heavy atom. The van der Waals surface area contributed by atoms with E-state index >= 15 is 0 Å². The van der Waals surface area contributed by atoms with Gasteiger partial charge >= 0.3 is 0 Å². The van der Waals surface area contributed by atoms with Crippen LogP contribution in [0.3, 0.4) is 0 Å². The van der Waals surface area contributed by atoms with Crippen LogP contribution in [0.2, 0.25) is 0 Å². The molecule has 4 heteroatoms. The van der Waals surface area contributed by atoms with Crippen LogP contribution in [0.5, 0.6) is 0 Å². The maximum atomic E-state index is 2.42. The van der Waals surface area contributed by atoms with Gasteiger partial charge in [-0.2, -0.15) is 0 Å². The number of nitrogens with zero attached hydrogens (tertiary/aromatic N) is 4. The molecule has 0 fully saturated rings. The Bertz CT molecular complexity index is 6100. The van der Waals surface area contributed by atoms with Crippen LogP contribution in [-0.4, -0.2) is 9.13 Å². The predicted octanol–water partition coefficient (Wildman–Crippen LogP) is 27.1. The number of rotatable bonds is 13. The van der Waals surface area contributed by atoms with Crippen LogP contribution in [0.15, 0.2) is 413 Å². The molecule has 0 saturated carbocycles. The monoisotopic (exact) mass is 1300 g/mol. The minimum atomic E-state index is 1.10. The van der Waals surface area contributed by atoms with Crippen LogP contribution < -0.4 is 9.80 Å². The van der Waals surface area contributed by atoms with E-state index in [1.807, 2.05) is 0 Å². The van der Waals surface area contributed by atoms with E-state index in [2.05, 4.69) is 431 Å². The van der Waals surface area contributed by atoms with Gasteiger partial charge in [-0.05, 0) is 186 Å². The van der Waals surface area contributed by atoms with E-state index in [-0.39, 0.29) is 0 Å². The molecular formula is C98H68N4. The van der Waals surface area contributed by atoms with Gasteiger partial charge in [0.25, 0.3) is 0 Å². The van der Waals surface area contributed by atoms with E-state index in [9.17, 15) is 0 Å². The number of para-hydroxylation sites is 2. The molecule has 17 aromatic carbocycles. The van der Waals surface area contributed by atoms with Crippen LogP contribution >= 0.6 is 0 Å². The SMILES string of the molecule is c1ccc(-c2ccc(-c3ccc(N(c4ccc(-c5ccccc5)cc4)c4cccc5c4c4ccccc4n5-c4ccc5ccccc5c4)cc3)cc2)cc1.c1ccc(-c2ccc(N(c3ccc(-c4ccccc4)cc3)c3cccc4c3c3ccccc3n4-c3ccc4ccccc4c3)cc2)cc1. The van der Waals surface area contributed by atoms with Gasteiger partial charge in [-0.15, -0.1) is 0 Å². The lowest BCUT2D eigenvalue weighted by molar-refractivity contribution is 1.18. The van der Waals surface area contributed by atoms with Crippen molar-refractivity contribution in [2.45, 2.75) is 0 Å². The van der Waals surface area contributed by atoms with Gasteiger partial charge in [-0.25, -0.2) is 0 Å². The molecule has 0 radical (unpaired) electrons. The topological polar surface area (TPSA) is 16.3 Å². The number of aromatic nitrogens is 2. The van der Waals surface area contributed by atoms with Crippen molar-refractivity contribution in [3.05, 3.63) is 413 Å². The lowest BCUT2D eigenvalue weighted by Gasteiger charge is -2.27. The molecule has 0 unspecified atom stereocenters. The number of fused-ring (bicyclic) bond motifs is 8. The molecule has 480 valence electrons. The first kappa shape index (κ1) is 60.8. The molecule has 2 heterocycles. The first-order valence-electron chi connectivity index (χ1n) is 35.0. The average molecular weight is 1300 g/mol. The number of hydrogen-bond donors (Lipinski definition) is 0. The average Bonchev–Trinajstić information content (AvgIpc) is 1.61. The molecule has 0 N–H and O–H groups in total. The zero-order chi connectivity index (χ0) is 67.7. The Morgan fingerprint density at radius 3 is 0.725 bits per heavy atom. The smallest absolute Gasteiger partial charge is 0.0562 e. The highest BCUT2D eigenvalue weighted by molar-refractivity contribution is 6.18. The molecule has 102 heavy (non-hydrogen) atoms. The van der Waals surface area contributed by atoms with Gasteiger partial charge < -0.3 is 18.9 Å². The van der Waals surface area contributed by atoms with Crippen molar-refractivity contribution < 1.29 is 0 Å². The molecule has 0 spiro atoms. The van der Waals surface area contributed by atoms with E-state index in [0.717, 1.165) is 45.5 Å². The van der Waals surface area contributed by atoms with Crippen molar-refractivity contribution in [1.29, 1.82) is 0 Å². The minimum Gasteiger partial charge on any atom is -0.310 e. The van der Waals surface area contributed by atoms with Gasteiger partial charge in [0.05, 0.1) is 33.4 Å². The van der Waals surface area contributed by atoms with Crippen molar-refractivity contribution in [1.82, 2.24) is 9.13 Å². The van der Waals surface area contributed by atoms with Gasteiger partial charge in [0.2, 0.25) is 0 Å². The highest BCUT2D eigenvalue weighted by atomic mass is 15.2. The van der Waals surface area contributed by atoms with E-state index in [4.69, 9.17) is 0 Å². The second kappa shape index (κ2) is 26.7. The first-order valence-corrected chi connectivity index (χ1v) is 35.0. The summed E-state index contributed by atoms with van der Waals surface area (Å²) in [6, 6.07) is 149. The molecule has 0 aliphatic rings.